The number of carbonyl (C=O) groups excluding carboxylic acids is 1. The van der Waals surface area contributed by atoms with Crippen LogP contribution in [-0.4, -0.2) is 21.1 Å². The van der Waals surface area contributed by atoms with Crippen molar-refractivity contribution < 1.29 is 9.18 Å². The Balaban J connectivity index is 2.17. The number of nitrogens with two attached hydrogens (primary N) is 1. The third-order valence-electron chi connectivity index (χ3n) is 1.94. The van der Waals surface area contributed by atoms with Gasteiger partial charge in [0, 0.05) is 6.20 Å². The van der Waals surface area contributed by atoms with Crippen molar-refractivity contribution in [3.63, 3.8) is 0 Å². The van der Waals surface area contributed by atoms with Crippen molar-refractivity contribution in [3.8, 4) is 0 Å². The molecule has 2 rings (SSSR count). The number of rotatable bonds is 2. The molecule has 0 atom stereocenters. The quantitative estimate of drug-likeness (QED) is 0.801. The molecule has 0 saturated heterocycles. The highest BCUT2D eigenvalue weighted by Gasteiger charge is 2.10. The maximum atomic E-state index is 13.2. The van der Waals surface area contributed by atoms with Crippen LogP contribution < -0.4 is 11.1 Å². The zero-order valence-corrected chi connectivity index (χ0v) is 8.59. The zero-order chi connectivity index (χ0) is 12.3. The van der Waals surface area contributed by atoms with Gasteiger partial charge in [0.1, 0.15) is 5.82 Å². The summed E-state index contributed by atoms with van der Waals surface area (Å²) < 4.78 is 13.2. The SMILES string of the molecule is Nc1ccc(C(=O)Nc2ccncc2F)nn1. The Morgan fingerprint density at radius 1 is 1.29 bits per heavy atom. The van der Waals surface area contributed by atoms with E-state index in [1.165, 1.54) is 24.4 Å². The summed E-state index contributed by atoms with van der Waals surface area (Å²) in [6.07, 6.45) is 2.37. The lowest BCUT2D eigenvalue weighted by molar-refractivity contribution is 0.102. The number of halogens is 1. The first-order valence-corrected chi connectivity index (χ1v) is 4.67. The van der Waals surface area contributed by atoms with E-state index in [4.69, 9.17) is 5.73 Å². The van der Waals surface area contributed by atoms with Gasteiger partial charge < -0.3 is 11.1 Å². The molecule has 6 nitrogen and oxygen atoms in total. The van der Waals surface area contributed by atoms with E-state index < -0.39 is 11.7 Å². The van der Waals surface area contributed by atoms with Gasteiger partial charge in [0.05, 0.1) is 11.9 Å². The molecular formula is C10H8FN5O. The molecule has 7 heteroatoms. The van der Waals surface area contributed by atoms with Crippen molar-refractivity contribution in [2.75, 3.05) is 11.1 Å². The lowest BCUT2D eigenvalue weighted by Gasteiger charge is -2.04. The highest BCUT2D eigenvalue weighted by molar-refractivity contribution is 6.02. The number of carbonyl (C=O) groups is 1. The second kappa shape index (κ2) is 4.52. The van der Waals surface area contributed by atoms with Gasteiger partial charge in [-0.1, -0.05) is 0 Å². The fourth-order valence-corrected chi connectivity index (χ4v) is 1.13. The second-order valence-corrected chi connectivity index (χ2v) is 3.15. The Morgan fingerprint density at radius 2 is 2.12 bits per heavy atom. The molecule has 0 aliphatic rings. The van der Waals surface area contributed by atoms with Gasteiger partial charge in [-0.15, -0.1) is 10.2 Å². The molecule has 0 unspecified atom stereocenters. The lowest BCUT2D eigenvalue weighted by atomic mass is 10.3. The van der Waals surface area contributed by atoms with E-state index in [-0.39, 0.29) is 17.2 Å². The van der Waals surface area contributed by atoms with Crippen molar-refractivity contribution in [2.45, 2.75) is 0 Å². The number of pyridine rings is 1. The van der Waals surface area contributed by atoms with Crippen LogP contribution in [0.4, 0.5) is 15.9 Å². The molecule has 0 spiro atoms. The van der Waals surface area contributed by atoms with E-state index in [1.807, 2.05) is 0 Å². The molecule has 0 saturated carbocycles. The first kappa shape index (κ1) is 10.9. The van der Waals surface area contributed by atoms with Gasteiger partial charge >= 0.3 is 0 Å². The third-order valence-corrected chi connectivity index (χ3v) is 1.94. The van der Waals surface area contributed by atoms with Crippen LogP contribution >= 0.6 is 0 Å². The first-order chi connectivity index (χ1) is 8.16. The van der Waals surface area contributed by atoms with Crippen LogP contribution in [0.25, 0.3) is 0 Å². The average Bonchev–Trinajstić information content (AvgIpc) is 2.33. The molecule has 2 heterocycles. The van der Waals surface area contributed by atoms with Crippen LogP contribution in [-0.2, 0) is 0 Å². The molecular weight excluding hydrogens is 225 g/mol. The van der Waals surface area contributed by atoms with Crippen molar-refractivity contribution in [3.05, 3.63) is 42.1 Å². The third kappa shape index (κ3) is 2.51. The smallest absolute Gasteiger partial charge is 0.276 e. The molecule has 0 bridgehead atoms. The van der Waals surface area contributed by atoms with Gasteiger partial charge in [-0.3, -0.25) is 9.78 Å². The van der Waals surface area contributed by atoms with Gasteiger partial charge in [0.15, 0.2) is 11.5 Å². The number of nitrogen functional groups attached to an aromatic ring is 1. The van der Waals surface area contributed by atoms with E-state index >= 15 is 0 Å². The molecule has 3 N–H and O–H groups in total. The van der Waals surface area contributed by atoms with Crippen LogP contribution in [0.5, 0.6) is 0 Å². The standard InChI is InChI=1S/C10H8FN5O/c11-6-5-13-4-3-7(6)14-10(17)8-1-2-9(12)16-15-8/h1-5H,(H2,12,16)(H,13,14,17). The Morgan fingerprint density at radius 3 is 2.76 bits per heavy atom. The molecule has 2 aromatic heterocycles. The van der Waals surface area contributed by atoms with Crippen molar-refractivity contribution in [1.82, 2.24) is 15.2 Å². The van der Waals surface area contributed by atoms with Gasteiger partial charge in [0.25, 0.3) is 5.91 Å². The summed E-state index contributed by atoms with van der Waals surface area (Å²) in [6, 6.07) is 4.18. The Labute approximate surface area is 95.7 Å². The van der Waals surface area contributed by atoms with E-state index in [9.17, 15) is 9.18 Å². The van der Waals surface area contributed by atoms with Crippen LogP contribution in [0.2, 0.25) is 0 Å². The van der Waals surface area contributed by atoms with Gasteiger partial charge in [-0.2, -0.15) is 0 Å². The lowest BCUT2D eigenvalue weighted by Crippen LogP contribution is -2.15. The number of hydrogen-bond donors (Lipinski definition) is 2. The molecule has 2 aromatic rings. The maximum Gasteiger partial charge on any atom is 0.276 e. The Bertz CT molecular complexity index is 543. The van der Waals surface area contributed by atoms with Crippen LogP contribution in [0.15, 0.2) is 30.6 Å². The number of aromatic nitrogens is 3. The normalized spacial score (nSPS) is 9.94. The molecule has 0 radical (unpaired) electrons. The molecule has 86 valence electrons. The zero-order valence-electron chi connectivity index (χ0n) is 8.59. The summed E-state index contributed by atoms with van der Waals surface area (Å²) in [5.41, 5.74) is 5.41. The summed E-state index contributed by atoms with van der Waals surface area (Å²) in [7, 11) is 0. The topological polar surface area (TPSA) is 93.8 Å². The van der Waals surface area contributed by atoms with E-state index in [2.05, 4.69) is 20.5 Å². The molecule has 17 heavy (non-hydrogen) atoms. The van der Waals surface area contributed by atoms with Crippen molar-refractivity contribution in [2.24, 2.45) is 0 Å². The average molecular weight is 233 g/mol. The fraction of sp³-hybridized carbons (Fsp3) is 0. The summed E-state index contributed by atoms with van der Waals surface area (Å²) in [4.78, 5) is 15.2. The summed E-state index contributed by atoms with van der Waals surface area (Å²) >= 11 is 0. The first-order valence-electron chi connectivity index (χ1n) is 4.67. The number of anilines is 2. The number of nitrogens with one attached hydrogen (secondary N) is 1. The fourth-order valence-electron chi connectivity index (χ4n) is 1.13. The van der Waals surface area contributed by atoms with Gasteiger partial charge in [-0.25, -0.2) is 4.39 Å². The van der Waals surface area contributed by atoms with Crippen molar-refractivity contribution in [1.29, 1.82) is 0 Å². The molecule has 0 fully saturated rings. The van der Waals surface area contributed by atoms with Gasteiger partial charge in [0.2, 0.25) is 0 Å². The van der Waals surface area contributed by atoms with E-state index in [1.54, 1.807) is 0 Å². The van der Waals surface area contributed by atoms with Crippen LogP contribution in [0.1, 0.15) is 10.5 Å². The predicted octanol–water partition coefficient (Wildman–Crippen LogP) is 0.845. The van der Waals surface area contributed by atoms with Gasteiger partial charge in [-0.05, 0) is 18.2 Å². The minimum atomic E-state index is -0.621. The molecule has 1 amide bonds. The van der Waals surface area contributed by atoms with E-state index in [0.29, 0.717) is 0 Å². The molecule has 0 aliphatic heterocycles. The van der Waals surface area contributed by atoms with E-state index in [0.717, 1.165) is 6.20 Å². The maximum absolute atomic E-state index is 13.2. The summed E-state index contributed by atoms with van der Waals surface area (Å²) in [6.45, 7) is 0. The Hall–Kier alpha value is -2.57. The second-order valence-electron chi connectivity index (χ2n) is 3.15. The highest BCUT2D eigenvalue weighted by atomic mass is 19.1. The molecule has 0 aromatic carbocycles. The number of hydrogen-bond acceptors (Lipinski definition) is 5. The predicted molar refractivity (Wildman–Crippen MR) is 58.6 cm³/mol. The highest BCUT2D eigenvalue weighted by Crippen LogP contribution is 2.11. The van der Waals surface area contributed by atoms with Crippen molar-refractivity contribution >= 4 is 17.4 Å². The minimum absolute atomic E-state index is 0.0311. The summed E-state index contributed by atoms with van der Waals surface area (Å²) in [5.74, 6) is -0.983. The van der Waals surface area contributed by atoms with Crippen LogP contribution in [0.3, 0.4) is 0 Å². The molecule has 0 aliphatic carbocycles. The largest absolute Gasteiger partial charge is 0.382 e. The Kier molecular flexibility index (Phi) is 2.91. The minimum Gasteiger partial charge on any atom is -0.382 e. The number of nitrogens with zero attached hydrogens (tertiary/aromatic N) is 3. The van der Waals surface area contributed by atoms with Crippen LogP contribution in [0, 0.1) is 5.82 Å². The monoisotopic (exact) mass is 233 g/mol. The number of amides is 1. The summed E-state index contributed by atoms with van der Waals surface area (Å²) in [5, 5.41) is 9.45.